The van der Waals surface area contributed by atoms with Gasteiger partial charge in [-0.15, -0.1) is 0 Å². The fourth-order valence-corrected chi connectivity index (χ4v) is 3.67. The van der Waals surface area contributed by atoms with Crippen LogP contribution in [0.1, 0.15) is 35.3 Å². The highest BCUT2D eigenvalue weighted by Gasteiger charge is 2.44. The van der Waals surface area contributed by atoms with Gasteiger partial charge in [-0.1, -0.05) is 6.58 Å². The molecule has 1 aliphatic heterocycles. The normalized spacial score (nSPS) is 13.9. The van der Waals surface area contributed by atoms with E-state index in [0.717, 1.165) is 18.2 Å². The topological polar surface area (TPSA) is 86.4 Å². The van der Waals surface area contributed by atoms with Crippen molar-refractivity contribution in [3.8, 4) is 0 Å². The van der Waals surface area contributed by atoms with Gasteiger partial charge in [0.25, 0.3) is 5.91 Å². The van der Waals surface area contributed by atoms with Gasteiger partial charge in [0.1, 0.15) is 11.6 Å². The Kier molecular flexibility index (Phi) is 6.25. The minimum absolute atomic E-state index is 0.0761. The Balaban J connectivity index is 1.67. The number of aryl methyl sites for hydroxylation is 1. The van der Waals surface area contributed by atoms with Gasteiger partial charge in [-0.05, 0) is 50.3 Å². The van der Waals surface area contributed by atoms with Crippen molar-refractivity contribution in [3.05, 3.63) is 89.3 Å². The standard InChI is InChI=1S/C25H22F4N6O/c1-13(2)31-23(36)15-6-7-17(19(26)10-15)21-8-5-14(3)35(33-21)24(30)25(28,29)18-9-16-12-34(4)32-22(16)11-20(18)27/h5-13,30H,3H2,1-2,4H3,(H,31,36). The number of aromatic nitrogens is 2. The zero-order chi connectivity index (χ0) is 26.4. The highest BCUT2D eigenvalue weighted by Crippen LogP contribution is 2.36. The predicted octanol–water partition coefficient (Wildman–Crippen LogP) is 4.85. The molecule has 0 aliphatic carbocycles. The van der Waals surface area contributed by atoms with E-state index in [1.807, 2.05) is 0 Å². The molecule has 11 heteroatoms. The molecule has 1 aliphatic rings. The lowest BCUT2D eigenvalue weighted by molar-refractivity contribution is 0.0579. The molecule has 2 aromatic carbocycles. The summed E-state index contributed by atoms with van der Waals surface area (Å²) in [7, 11) is 1.57. The van der Waals surface area contributed by atoms with Crippen LogP contribution >= 0.6 is 0 Å². The lowest BCUT2D eigenvalue weighted by Crippen LogP contribution is -2.39. The van der Waals surface area contributed by atoms with E-state index >= 15 is 8.78 Å². The molecule has 0 unspecified atom stereocenters. The van der Waals surface area contributed by atoms with Crippen molar-refractivity contribution in [3.63, 3.8) is 0 Å². The highest BCUT2D eigenvalue weighted by atomic mass is 19.3. The molecule has 0 atom stereocenters. The summed E-state index contributed by atoms with van der Waals surface area (Å²) in [4.78, 5) is 12.1. The summed E-state index contributed by atoms with van der Waals surface area (Å²) in [6.45, 7) is 7.14. The minimum atomic E-state index is -4.10. The van der Waals surface area contributed by atoms with Gasteiger partial charge in [0.2, 0.25) is 0 Å². The Morgan fingerprint density at radius 3 is 2.53 bits per heavy atom. The van der Waals surface area contributed by atoms with Gasteiger partial charge in [-0.3, -0.25) is 14.9 Å². The first kappa shape index (κ1) is 24.8. The van der Waals surface area contributed by atoms with Crippen LogP contribution in [0.4, 0.5) is 17.6 Å². The van der Waals surface area contributed by atoms with Crippen molar-refractivity contribution in [1.29, 1.82) is 5.41 Å². The van der Waals surface area contributed by atoms with Crippen LogP contribution in [0.2, 0.25) is 0 Å². The Hall–Kier alpha value is -4.28. The van der Waals surface area contributed by atoms with Crippen LogP contribution in [-0.4, -0.2) is 38.3 Å². The fraction of sp³-hybridized carbons (Fsp3) is 0.200. The van der Waals surface area contributed by atoms with Crippen molar-refractivity contribution >= 4 is 28.4 Å². The molecular weight excluding hydrogens is 476 g/mol. The van der Waals surface area contributed by atoms with E-state index in [1.165, 1.54) is 35.2 Å². The van der Waals surface area contributed by atoms with Crippen LogP contribution in [0.15, 0.2) is 66.1 Å². The summed E-state index contributed by atoms with van der Waals surface area (Å²) >= 11 is 0. The van der Waals surface area contributed by atoms with Crippen molar-refractivity contribution < 1.29 is 22.4 Å². The van der Waals surface area contributed by atoms with Gasteiger partial charge >= 0.3 is 5.92 Å². The van der Waals surface area contributed by atoms with E-state index < -0.39 is 34.9 Å². The van der Waals surface area contributed by atoms with E-state index in [2.05, 4.69) is 22.1 Å². The zero-order valence-electron chi connectivity index (χ0n) is 19.6. The number of nitrogens with one attached hydrogen (secondary N) is 2. The zero-order valence-corrected chi connectivity index (χ0v) is 19.6. The van der Waals surface area contributed by atoms with Crippen LogP contribution in [0.25, 0.3) is 10.9 Å². The number of rotatable bonds is 5. The minimum Gasteiger partial charge on any atom is -0.350 e. The molecule has 7 nitrogen and oxygen atoms in total. The number of fused-ring (bicyclic) bond motifs is 1. The Bertz CT molecular complexity index is 1470. The molecule has 0 saturated carbocycles. The summed E-state index contributed by atoms with van der Waals surface area (Å²) in [6.07, 6.45) is 4.08. The molecule has 0 radical (unpaired) electrons. The second-order valence-electron chi connectivity index (χ2n) is 8.56. The number of allylic oxidation sites excluding steroid dienone is 2. The molecule has 4 rings (SSSR count). The smallest absolute Gasteiger partial charge is 0.334 e. The number of amides is 1. The number of carbonyl (C=O) groups is 1. The average Bonchev–Trinajstić information content (AvgIpc) is 3.16. The van der Waals surface area contributed by atoms with E-state index in [9.17, 15) is 13.6 Å². The third kappa shape index (κ3) is 4.51. The van der Waals surface area contributed by atoms with Crippen molar-refractivity contribution in [1.82, 2.24) is 20.1 Å². The lowest BCUT2D eigenvalue weighted by Gasteiger charge is -2.29. The number of halogens is 4. The van der Waals surface area contributed by atoms with Gasteiger partial charge < -0.3 is 5.32 Å². The van der Waals surface area contributed by atoms with Gasteiger partial charge in [-0.2, -0.15) is 19.0 Å². The van der Waals surface area contributed by atoms with Crippen LogP contribution in [0.5, 0.6) is 0 Å². The molecular formula is C25H22F4N6O. The maximum absolute atomic E-state index is 15.4. The molecule has 0 bridgehead atoms. The van der Waals surface area contributed by atoms with Crippen molar-refractivity contribution in [2.45, 2.75) is 25.8 Å². The predicted molar refractivity (Wildman–Crippen MR) is 128 cm³/mol. The molecule has 0 spiro atoms. The first-order valence-electron chi connectivity index (χ1n) is 10.8. The quantitative estimate of drug-likeness (QED) is 0.300. The molecule has 1 aromatic heterocycles. The fourth-order valence-electron chi connectivity index (χ4n) is 3.67. The van der Waals surface area contributed by atoms with Crippen LogP contribution < -0.4 is 5.32 Å². The Labute approximate surface area is 203 Å². The number of hydrazone groups is 1. The Morgan fingerprint density at radius 2 is 1.86 bits per heavy atom. The van der Waals surface area contributed by atoms with Gasteiger partial charge in [0, 0.05) is 41.9 Å². The second-order valence-corrected chi connectivity index (χ2v) is 8.56. The van der Waals surface area contributed by atoms with Gasteiger partial charge in [0.05, 0.1) is 22.5 Å². The van der Waals surface area contributed by atoms with Crippen molar-refractivity contribution in [2.24, 2.45) is 12.1 Å². The summed E-state index contributed by atoms with van der Waals surface area (Å²) in [5.41, 5.74) is -1.03. The number of benzene rings is 2. The number of nitrogens with zero attached hydrogens (tertiary/aromatic N) is 4. The molecule has 186 valence electrons. The summed E-state index contributed by atoms with van der Waals surface area (Å²) < 4.78 is 61.6. The van der Waals surface area contributed by atoms with E-state index in [4.69, 9.17) is 5.41 Å². The SMILES string of the molecule is C=C1C=CC(c2ccc(C(=O)NC(C)C)cc2F)=NN1C(=N)C(F)(F)c1cc2cn(C)nc2cc1F. The number of carbonyl (C=O) groups excluding carboxylic acids is 1. The third-order valence-corrected chi connectivity index (χ3v) is 5.40. The molecule has 0 fully saturated rings. The number of amidine groups is 1. The van der Waals surface area contributed by atoms with Gasteiger partial charge in [0.15, 0.2) is 5.84 Å². The first-order valence-corrected chi connectivity index (χ1v) is 10.8. The largest absolute Gasteiger partial charge is 0.350 e. The maximum atomic E-state index is 15.4. The average molecular weight is 498 g/mol. The molecule has 0 saturated heterocycles. The molecule has 36 heavy (non-hydrogen) atoms. The maximum Gasteiger partial charge on any atom is 0.334 e. The van der Waals surface area contributed by atoms with Gasteiger partial charge in [-0.25, -0.2) is 13.8 Å². The molecule has 2 N–H and O–H groups in total. The van der Waals surface area contributed by atoms with Crippen LogP contribution in [0.3, 0.4) is 0 Å². The van der Waals surface area contributed by atoms with E-state index in [-0.39, 0.29) is 39.5 Å². The Morgan fingerprint density at radius 1 is 1.14 bits per heavy atom. The van der Waals surface area contributed by atoms with Crippen LogP contribution in [0, 0.1) is 17.0 Å². The summed E-state index contributed by atoms with van der Waals surface area (Å²) in [5.74, 6) is -7.99. The number of alkyl halides is 2. The number of hydrogen-bond acceptors (Lipinski definition) is 4. The lowest BCUT2D eigenvalue weighted by atomic mass is 10.0. The molecule has 2 heterocycles. The molecule has 3 aromatic rings. The first-order chi connectivity index (χ1) is 16.9. The summed E-state index contributed by atoms with van der Waals surface area (Å²) in [6, 6.07) is 5.32. The monoisotopic (exact) mass is 498 g/mol. The van der Waals surface area contributed by atoms with Crippen LogP contribution in [-0.2, 0) is 13.0 Å². The van der Waals surface area contributed by atoms with E-state index in [0.29, 0.717) is 5.01 Å². The number of hydrogen-bond donors (Lipinski definition) is 2. The third-order valence-electron chi connectivity index (χ3n) is 5.40. The molecule has 1 amide bonds. The second kappa shape index (κ2) is 9.06. The van der Waals surface area contributed by atoms with Crippen molar-refractivity contribution in [2.75, 3.05) is 0 Å². The summed E-state index contributed by atoms with van der Waals surface area (Å²) in [5, 5.41) is 19.6. The highest BCUT2D eigenvalue weighted by molar-refractivity contribution is 6.11. The van der Waals surface area contributed by atoms with E-state index in [1.54, 1.807) is 20.9 Å².